The third-order valence-corrected chi connectivity index (χ3v) is 6.48. The van der Waals surface area contributed by atoms with Gasteiger partial charge in [-0.15, -0.1) is 0 Å². The number of carbonyl (C=O) groups is 1. The maximum absolute atomic E-state index is 11.8. The monoisotopic (exact) mass is 274 g/mol. The molecule has 1 N–H and O–H groups in total. The van der Waals surface area contributed by atoms with E-state index in [0.29, 0.717) is 6.42 Å². The summed E-state index contributed by atoms with van der Waals surface area (Å²) < 4.78 is 0. The first-order chi connectivity index (χ1) is 9.61. The number of nitrogens with one attached hydrogen (secondary N) is 1. The Labute approximate surface area is 121 Å². The highest BCUT2D eigenvalue weighted by Crippen LogP contribution is 2.58. The number of rotatable bonds is 0. The van der Waals surface area contributed by atoms with Crippen LogP contribution in [0.3, 0.4) is 0 Å². The van der Waals surface area contributed by atoms with Gasteiger partial charge < -0.3 is 5.32 Å². The Balaban J connectivity index is 1.85. The summed E-state index contributed by atoms with van der Waals surface area (Å²) in [4.78, 5) is 14.4. The number of carbonyl (C=O) groups excluding carboxylic acids is 1. The second-order valence-corrected chi connectivity index (χ2v) is 7.61. The third-order valence-electron chi connectivity index (χ3n) is 6.48. The molecule has 2 aliphatic heterocycles. The van der Waals surface area contributed by atoms with Crippen LogP contribution in [0.4, 0.5) is 0 Å². The lowest BCUT2D eigenvalue weighted by molar-refractivity contribution is -0.122. The van der Waals surface area contributed by atoms with Gasteiger partial charge >= 0.3 is 0 Å². The predicted molar refractivity (Wildman–Crippen MR) is 79.0 cm³/mol. The second kappa shape index (κ2) is 4.33. The van der Waals surface area contributed by atoms with Gasteiger partial charge in [-0.2, -0.15) is 0 Å². The summed E-state index contributed by atoms with van der Waals surface area (Å²) in [5.74, 6) is 2.69. The summed E-state index contributed by atoms with van der Waals surface area (Å²) in [5.41, 5.74) is 3.19. The maximum atomic E-state index is 11.8. The van der Waals surface area contributed by atoms with Crippen LogP contribution in [0.2, 0.25) is 0 Å². The van der Waals surface area contributed by atoms with Crippen molar-refractivity contribution in [3.05, 3.63) is 11.3 Å². The van der Waals surface area contributed by atoms with Gasteiger partial charge in [-0.25, -0.2) is 0 Å². The minimum Gasteiger partial charge on any atom is -0.330 e. The highest BCUT2D eigenvalue weighted by atomic mass is 16.1. The first kappa shape index (κ1) is 12.9. The van der Waals surface area contributed by atoms with Crippen molar-refractivity contribution in [2.75, 3.05) is 13.6 Å². The van der Waals surface area contributed by atoms with Crippen molar-refractivity contribution in [1.29, 1.82) is 0 Å². The van der Waals surface area contributed by atoms with Crippen molar-refractivity contribution in [2.45, 2.75) is 57.4 Å². The van der Waals surface area contributed by atoms with Crippen LogP contribution in [0.5, 0.6) is 0 Å². The van der Waals surface area contributed by atoms with Gasteiger partial charge in [0.15, 0.2) is 0 Å². The van der Waals surface area contributed by atoms with Gasteiger partial charge in [0.2, 0.25) is 5.91 Å². The highest BCUT2D eigenvalue weighted by Gasteiger charge is 2.57. The molecule has 0 aromatic heterocycles. The molecule has 4 rings (SSSR count). The first-order valence-corrected chi connectivity index (χ1v) is 8.35. The summed E-state index contributed by atoms with van der Waals surface area (Å²) in [6, 6.07) is 0. The van der Waals surface area contributed by atoms with E-state index in [9.17, 15) is 4.79 Å². The van der Waals surface area contributed by atoms with Crippen molar-refractivity contribution in [3.63, 3.8) is 0 Å². The molecule has 4 atom stereocenters. The molecule has 2 aliphatic carbocycles. The van der Waals surface area contributed by atoms with Crippen LogP contribution in [-0.2, 0) is 4.79 Å². The Kier molecular flexibility index (Phi) is 2.79. The predicted octanol–water partition coefficient (Wildman–Crippen LogP) is 2.68. The molecule has 1 saturated heterocycles. The number of likely N-dealkylation sites (tertiary alicyclic amines) is 1. The first-order valence-electron chi connectivity index (χ1n) is 8.35. The fourth-order valence-corrected chi connectivity index (χ4v) is 5.91. The largest absolute Gasteiger partial charge is 0.330 e. The molecule has 3 nitrogen and oxygen atoms in total. The van der Waals surface area contributed by atoms with Crippen molar-refractivity contribution < 1.29 is 4.79 Å². The Bertz CT molecular complexity index is 483. The van der Waals surface area contributed by atoms with Crippen molar-refractivity contribution in [2.24, 2.45) is 17.8 Å². The third kappa shape index (κ3) is 1.59. The van der Waals surface area contributed by atoms with Crippen LogP contribution >= 0.6 is 0 Å². The number of piperidine rings is 1. The smallest absolute Gasteiger partial charge is 0.224 e. The van der Waals surface area contributed by atoms with Crippen LogP contribution in [0, 0.1) is 17.8 Å². The molecule has 2 bridgehead atoms. The van der Waals surface area contributed by atoms with E-state index in [4.69, 9.17) is 0 Å². The number of amides is 1. The van der Waals surface area contributed by atoms with Gasteiger partial charge in [0.1, 0.15) is 0 Å². The lowest BCUT2D eigenvalue weighted by Crippen LogP contribution is -2.64. The minimum absolute atomic E-state index is 0.239. The van der Waals surface area contributed by atoms with E-state index in [0.717, 1.165) is 30.6 Å². The molecule has 0 radical (unpaired) electrons. The van der Waals surface area contributed by atoms with Gasteiger partial charge in [-0.05, 0) is 75.4 Å². The summed E-state index contributed by atoms with van der Waals surface area (Å²) in [7, 11) is 2.33. The second-order valence-electron chi connectivity index (χ2n) is 7.61. The normalized spacial score (nSPS) is 44.7. The van der Waals surface area contributed by atoms with Gasteiger partial charge in [0, 0.05) is 17.7 Å². The Morgan fingerprint density at radius 2 is 2.20 bits per heavy atom. The van der Waals surface area contributed by atoms with E-state index < -0.39 is 0 Å². The number of nitrogens with zero attached hydrogens (tertiary/aromatic N) is 1. The standard InChI is InChI=1S/C17H26N2O/c1-11-8-12-9-15-14(5-6-16(20)18-15)17(10-11)13(12)4-3-7-19(17)2/h11-13H,3-10H2,1-2H3,(H,18,20)/t11-,12-,13+,17-/m1/s1. The van der Waals surface area contributed by atoms with E-state index in [1.54, 1.807) is 5.57 Å². The lowest BCUT2D eigenvalue weighted by Gasteiger charge is -2.62. The lowest BCUT2D eigenvalue weighted by atomic mass is 9.52. The van der Waals surface area contributed by atoms with Crippen LogP contribution < -0.4 is 5.32 Å². The molecule has 1 amide bonds. The van der Waals surface area contributed by atoms with Crippen molar-refractivity contribution in [1.82, 2.24) is 10.2 Å². The van der Waals surface area contributed by atoms with Crippen LogP contribution in [-0.4, -0.2) is 29.9 Å². The topological polar surface area (TPSA) is 32.3 Å². The SMILES string of the molecule is C[C@@H]1C[C@@H]2CC3=C(CCC(=O)N3)[C@@]3(C1)[C@H]2CCCN3C. The number of allylic oxidation sites excluding steroid dienone is 1. The summed E-state index contributed by atoms with van der Waals surface area (Å²) in [6.07, 6.45) is 8.23. The van der Waals surface area contributed by atoms with Gasteiger partial charge in [0.25, 0.3) is 0 Å². The quantitative estimate of drug-likeness (QED) is 0.736. The van der Waals surface area contributed by atoms with E-state index in [-0.39, 0.29) is 11.4 Å². The number of likely N-dealkylation sites (N-methyl/N-ethyl adjacent to an activating group) is 1. The molecule has 0 unspecified atom stereocenters. The van der Waals surface area contributed by atoms with Crippen molar-refractivity contribution >= 4 is 5.91 Å². The summed E-state index contributed by atoms with van der Waals surface area (Å²) in [6.45, 7) is 3.65. The zero-order valence-corrected chi connectivity index (χ0v) is 12.7. The van der Waals surface area contributed by atoms with E-state index in [1.807, 2.05) is 0 Å². The van der Waals surface area contributed by atoms with E-state index >= 15 is 0 Å². The molecular formula is C17H26N2O. The summed E-state index contributed by atoms with van der Waals surface area (Å²) >= 11 is 0. The molecule has 110 valence electrons. The zero-order valence-electron chi connectivity index (χ0n) is 12.7. The van der Waals surface area contributed by atoms with E-state index in [1.165, 1.54) is 37.9 Å². The van der Waals surface area contributed by atoms with Crippen LogP contribution in [0.25, 0.3) is 0 Å². The Morgan fingerprint density at radius 3 is 3.05 bits per heavy atom. The Morgan fingerprint density at radius 1 is 1.35 bits per heavy atom. The number of hydrogen-bond acceptors (Lipinski definition) is 2. The molecule has 1 saturated carbocycles. The molecule has 2 heterocycles. The molecular weight excluding hydrogens is 248 g/mol. The van der Waals surface area contributed by atoms with Crippen molar-refractivity contribution in [3.8, 4) is 0 Å². The summed E-state index contributed by atoms with van der Waals surface area (Å²) in [5, 5.41) is 3.22. The van der Waals surface area contributed by atoms with Crippen LogP contribution in [0.15, 0.2) is 11.3 Å². The molecule has 0 aromatic carbocycles. The van der Waals surface area contributed by atoms with Gasteiger partial charge in [-0.3, -0.25) is 9.69 Å². The fraction of sp³-hybridized carbons (Fsp3) is 0.824. The van der Waals surface area contributed by atoms with Crippen LogP contribution in [0.1, 0.15) is 51.9 Å². The molecule has 0 spiro atoms. The minimum atomic E-state index is 0.239. The zero-order chi connectivity index (χ0) is 13.9. The average Bonchev–Trinajstić information content (AvgIpc) is 2.39. The maximum Gasteiger partial charge on any atom is 0.224 e. The number of hydrogen-bond donors (Lipinski definition) is 1. The Hall–Kier alpha value is -0.830. The molecule has 3 heteroatoms. The molecule has 20 heavy (non-hydrogen) atoms. The molecule has 2 fully saturated rings. The van der Waals surface area contributed by atoms with Gasteiger partial charge in [0.05, 0.1) is 0 Å². The van der Waals surface area contributed by atoms with Gasteiger partial charge in [-0.1, -0.05) is 6.92 Å². The van der Waals surface area contributed by atoms with E-state index in [2.05, 4.69) is 24.2 Å². The molecule has 4 aliphatic rings. The fourth-order valence-electron chi connectivity index (χ4n) is 5.91. The average molecular weight is 274 g/mol. The highest BCUT2D eigenvalue weighted by molar-refractivity contribution is 5.80. The molecule has 0 aromatic rings.